The van der Waals surface area contributed by atoms with Gasteiger partial charge >= 0.3 is 0 Å². The van der Waals surface area contributed by atoms with Gasteiger partial charge in [-0.25, -0.2) is 9.37 Å². The van der Waals surface area contributed by atoms with E-state index in [1.54, 1.807) is 11.3 Å². The third kappa shape index (κ3) is 3.15. The van der Waals surface area contributed by atoms with Crippen molar-refractivity contribution in [2.45, 2.75) is 12.5 Å². The van der Waals surface area contributed by atoms with Crippen molar-refractivity contribution in [1.82, 2.24) is 10.3 Å². The van der Waals surface area contributed by atoms with E-state index in [0.717, 1.165) is 22.5 Å². The van der Waals surface area contributed by atoms with E-state index in [0.29, 0.717) is 4.47 Å². The third-order valence-corrected chi connectivity index (χ3v) is 5.08. The van der Waals surface area contributed by atoms with Crippen LogP contribution in [0.5, 0.6) is 0 Å². The number of rotatable bonds is 4. The van der Waals surface area contributed by atoms with Crippen molar-refractivity contribution < 1.29 is 4.39 Å². The van der Waals surface area contributed by atoms with Crippen molar-refractivity contribution >= 4 is 37.5 Å². The van der Waals surface area contributed by atoms with E-state index in [2.05, 4.69) is 32.3 Å². The second kappa shape index (κ2) is 6.22. The van der Waals surface area contributed by atoms with E-state index < -0.39 is 0 Å². The van der Waals surface area contributed by atoms with Crippen LogP contribution in [0, 0.1) is 5.82 Å². The molecule has 1 N–H and O–H groups in total. The van der Waals surface area contributed by atoms with E-state index in [9.17, 15) is 4.39 Å². The summed E-state index contributed by atoms with van der Waals surface area (Å²) >= 11 is 4.95. The number of aromatic nitrogens is 1. The minimum Gasteiger partial charge on any atom is -0.313 e. The smallest absolute Gasteiger partial charge is 0.137 e. The lowest BCUT2D eigenvalue weighted by Crippen LogP contribution is -2.18. The number of nitrogens with zero attached hydrogens (tertiary/aromatic N) is 1. The summed E-state index contributed by atoms with van der Waals surface area (Å²) in [5, 5.41) is 4.36. The molecule has 21 heavy (non-hydrogen) atoms. The fraction of sp³-hybridized carbons (Fsp3) is 0.188. The Morgan fingerprint density at radius 1 is 1.29 bits per heavy atom. The Morgan fingerprint density at radius 2 is 2.10 bits per heavy atom. The van der Waals surface area contributed by atoms with Gasteiger partial charge in [0, 0.05) is 12.5 Å². The molecule has 1 heterocycles. The van der Waals surface area contributed by atoms with Gasteiger partial charge in [-0.3, -0.25) is 0 Å². The average Bonchev–Trinajstić information content (AvgIpc) is 2.90. The van der Waals surface area contributed by atoms with Gasteiger partial charge in [-0.05, 0) is 52.8 Å². The van der Waals surface area contributed by atoms with Gasteiger partial charge in [0.1, 0.15) is 5.82 Å². The molecule has 0 aliphatic heterocycles. The van der Waals surface area contributed by atoms with E-state index in [1.807, 2.05) is 37.4 Å². The van der Waals surface area contributed by atoms with Gasteiger partial charge < -0.3 is 5.32 Å². The van der Waals surface area contributed by atoms with Crippen LogP contribution >= 0.6 is 27.3 Å². The Labute approximate surface area is 135 Å². The number of thiazole rings is 1. The summed E-state index contributed by atoms with van der Waals surface area (Å²) in [6, 6.07) is 13.4. The highest BCUT2D eigenvalue weighted by molar-refractivity contribution is 9.10. The lowest BCUT2D eigenvalue weighted by Gasteiger charge is -2.15. The molecule has 0 aliphatic carbocycles. The summed E-state index contributed by atoms with van der Waals surface area (Å²) in [7, 11) is 1.91. The number of hydrogen-bond acceptors (Lipinski definition) is 3. The molecular weight excluding hydrogens is 351 g/mol. The number of hydrogen-bond donors (Lipinski definition) is 1. The van der Waals surface area contributed by atoms with E-state index in [1.165, 1.54) is 10.8 Å². The second-order valence-electron chi connectivity index (χ2n) is 4.79. The second-order valence-corrected chi connectivity index (χ2v) is 6.76. The zero-order chi connectivity index (χ0) is 14.8. The molecule has 108 valence electrons. The summed E-state index contributed by atoms with van der Waals surface area (Å²) in [5.41, 5.74) is 2.08. The number of halogens is 2. The normalized spacial score (nSPS) is 12.7. The number of fused-ring (bicyclic) bond motifs is 1. The number of benzene rings is 2. The summed E-state index contributed by atoms with van der Waals surface area (Å²) < 4.78 is 15.0. The molecule has 3 aromatic rings. The Balaban J connectivity index is 1.88. The monoisotopic (exact) mass is 364 g/mol. The molecule has 0 radical (unpaired) electrons. The molecule has 0 spiro atoms. The highest BCUT2D eigenvalue weighted by Gasteiger charge is 2.14. The van der Waals surface area contributed by atoms with Gasteiger partial charge in [0.15, 0.2) is 0 Å². The predicted molar refractivity (Wildman–Crippen MR) is 89.2 cm³/mol. The van der Waals surface area contributed by atoms with Crippen LogP contribution in [-0.2, 0) is 6.42 Å². The van der Waals surface area contributed by atoms with Crippen molar-refractivity contribution in [2.75, 3.05) is 7.05 Å². The lowest BCUT2D eigenvalue weighted by molar-refractivity contribution is 0.583. The molecule has 1 atom stereocenters. The fourth-order valence-corrected chi connectivity index (χ4v) is 3.71. The molecule has 0 saturated heterocycles. The van der Waals surface area contributed by atoms with Gasteiger partial charge in [-0.1, -0.05) is 18.2 Å². The molecular formula is C16H14BrFN2S. The van der Waals surface area contributed by atoms with Crippen molar-refractivity contribution in [2.24, 2.45) is 0 Å². The van der Waals surface area contributed by atoms with Gasteiger partial charge in [-0.2, -0.15) is 0 Å². The summed E-state index contributed by atoms with van der Waals surface area (Å²) in [6.45, 7) is 0. The van der Waals surface area contributed by atoms with Crippen molar-refractivity contribution in [3.05, 3.63) is 63.3 Å². The van der Waals surface area contributed by atoms with Crippen LogP contribution in [0.4, 0.5) is 4.39 Å². The lowest BCUT2D eigenvalue weighted by atomic mass is 10.0. The van der Waals surface area contributed by atoms with Crippen molar-refractivity contribution in [3.63, 3.8) is 0 Å². The van der Waals surface area contributed by atoms with Crippen LogP contribution in [0.2, 0.25) is 0 Å². The molecule has 2 nitrogen and oxygen atoms in total. The maximum Gasteiger partial charge on any atom is 0.137 e. The molecule has 0 saturated carbocycles. The van der Waals surface area contributed by atoms with E-state index in [-0.39, 0.29) is 11.9 Å². The number of para-hydroxylation sites is 1. The van der Waals surface area contributed by atoms with Crippen molar-refractivity contribution in [1.29, 1.82) is 0 Å². The summed E-state index contributed by atoms with van der Waals surface area (Å²) in [6.07, 6.45) is 0.786. The molecule has 3 rings (SSSR count). The van der Waals surface area contributed by atoms with Crippen LogP contribution in [-0.4, -0.2) is 12.0 Å². The minimum absolute atomic E-state index is 0.113. The Morgan fingerprint density at radius 3 is 2.81 bits per heavy atom. The topological polar surface area (TPSA) is 24.9 Å². The molecule has 0 bridgehead atoms. The molecule has 1 aromatic heterocycles. The number of nitrogens with one attached hydrogen (secondary N) is 1. The quantitative estimate of drug-likeness (QED) is 0.725. The van der Waals surface area contributed by atoms with Gasteiger partial charge in [0.25, 0.3) is 0 Å². The maximum absolute atomic E-state index is 13.4. The van der Waals surface area contributed by atoms with Gasteiger partial charge in [0.2, 0.25) is 0 Å². The van der Waals surface area contributed by atoms with Crippen LogP contribution < -0.4 is 5.32 Å². The summed E-state index contributed by atoms with van der Waals surface area (Å²) in [4.78, 5) is 4.66. The zero-order valence-electron chi connectivity index (χ0n) is 11.4. The third-order valence-electron chi connectivity index (χ3n) is 3.41. The highest BCUT2D eigenvalue weighted by atomic mass is 79.9. The first-order chi connectivity index (χ1) is 10.2. The number of likely N-dealkylation sites (N-methyl/N-ethyl adjacent to an activating group) is 1. The van der Waals surface area contributed by atoms with Gasteiger partial charge in [0.05, 0.1) is 19.7 Å². The molecule has 0 amide bonds. The van der Waals surface area contributed by atoms with Crippen molar-refractivity contribution in [3.8, 4) is 0 Å². The van der Waals surface area contributed by atoms with Crippen LogP contribution in [0.3, 0.4) is 0 Å². The Bertz CT molecular complexity index is 739. The summed E-state index contributed by atoms with van der Waals surface area (Å²) in [5.74, 6) is -0.242. The zero-order valence-corrected chi connectivity index (χ0v) is 13.8. The first-order valence-corrected chi connectivity index (χ1v) is 8.25. The van der Waals surface area contributed by atoms with Crippen LogP contribution in [0.25, 0.3) is 10.2 Å². The molecule has 2 aromatic carbocycles. The average molecular weight is 365 g/mol. The van der Waals surface area contributed by atoms with E-state index >= 15 is 0 Å². The highest BCUT2D eigenvalue weighted by Crippen LogP contribution is 2.27. The maximum atomic E-state index is 13.4. The first-order valence-electron chi connectivity index (χ1n) is 6.64. The Kier molecular flexibility index (Phi) is 4.33. The minimum atomic E-state index is -0.242. The first kappa shape index (κ1) is 14.6. The van der Waals surface area contributed by atoms with Crippen LogP contribution in [0.15, 0.2) is 46.9 Å². The standard InChI is InChI=1S/C16H14BrFN2S/c1-19-14(10-6-7-12(18)11(17)8-10)9-16-20-13-4-2-3-5-15(13)21-16/h2-8,14,19H,9H2,1H3. The van der Waals surface area contributed by atoms with Gasteiger partial charge in [-0.15, -0.1) is 11.3 Å². The Hall–Kier alpha value is -1.30. The SMILES string of the molecule is CNC(Cc1nc2ccccc2s1)c1ccc(F)c(Br)c1. The molecule has 5 heteroatoms. The predicted octanol–water partition coefficient (Wildman–Crippen LogP) is 4.70. The molecule has 0 aliphatic rings. The molecule has 1 unspecified atom stereocenters. The van der Waals surface area contributed by atoms with E-state index in [4.69, 9.17) is 0 Å². The van der Waals surface area contributed by atoms with Crippen LogP contribution in [0.1, 0.15) is 16.6 Å². The fourth-order valence-electron chi connectivity index (χ4n) is 2.30. The largest absolute Gasteiger partial charge is 0.313 e. The molecule has 0 fully saturated rings.